The monoisotopic (exact) mass is 414 g/mol. The summed E-state index contributed by atoms with van der Waals surface area (Å²) in [6, 6.07) is 14.0. The van der Waals surface area contributed by atoms with E-state index in [9.17, 15) is 4.39 Å². The van der Waals surface area contributed by atoms with Crippen molar-refractivity contribution in [1.29, 1.82) is 0 Å². The Kier molecular flexibility index (Phi) is 4.95. The average molecular weight is 414 g/mol. The molecular formula is C24H23FN6. The number of halogens is 1. The molecule has 0 aliphatic carbocycles. The lowest BCUT2D eigenvalue weighted by atomic mass is 10.1. The van der Waals surface area contributed by atoms with Gasteiger partial charge in [0, 0.05) is 60.3 Å². The molecular weight excluding hydrogens is 391 g/mol. The fraction of sp³-hybridized carbons (Fsp3) is 0.208. The van der Waals surface area contributed by atoms with Gasteiger partial charge in [-0.2, -0.15) is 5.10 Å². The molecule has 0 unspecified atom stereocenters. The van der Waals surface area contributed by atoms with Crippen molar-refractivity contribution in [2.75, 3.05) is 12.3 Å². The molecule has 0 amide bonds. The van der Waals surface area contributed by atoms with E-state index in [0.717, 1.165) is 71.3 Å². The van der Waals surface area contributed by atoms with Crippen LogP contribution in [0.5, 0.6) is 0 Å². The number of hydrogen-bond acceptors (Lipinski definition) is 5. The molecule has 0 saturated carbocycles. The second-order valence-electron chi connectivity index (χ2n) is 7.89. The van der Waals surface area contributed by atoms with Crippen molar-refractivity contribution in [2.45, 2.75) is 26.4 Å². The molecule has 2 aromatic heterocycles. The predicted molar refractivity (Wildman–Crippen MR) is 118 cm³/mol. The van der Waals surface area contributed by atoms with Gasteiger partial charge in [-0.3, -0.25) is 4.90 Å². The Hall–Kier alpha value is -3.58. The second kappa shape index (κ2) is 7.92. The molecule has 156 valence electrons. The van der Waals surface area contributed by atoms with E-state index in [4.69, 9.17) is 10.7 Å². The van der Waals surface area contributed by atoms with Crippen LogP contribution in [0.3, 0.4) is 0 Å². The summed E-state index contributed by atoms with van der Waals surface area (Å²) in [5.74, 6) is 0.492. The van der Waals surface area contributed by atoms with E-state index in [0.29, 0.717) is 0 Å². The number of nitrogens with two attached hydrogens (primary N) is 1. The molecule has 0 bridgehead atoms. The first-order valence-electron chi connectivity index (χ1n) is 10.3. The summed E-state index contributed by atoms with van der Waals surface area (Å²) in [5.41, 5.74) is 12.8. The van der Waals surface area contributed by atoms with E-state index in [1.54, 1.807) is 12.1 Å². The number of hydrogen-bond donors (Lipinski definition) is 1. The quantitative estimate of drug-likeness (QED) is 0.513. The summed E-state index contributed by atoms with van der Waals surface area (Å²) in [4.78, 5) is 11.8. The maximum Gasteiger partial charge on any atom is 0.159 e. The Balaban J connectivity index is 1.31. The summed E-state index contributed by atoms with van der Waals surface area (Å²) in [6.07, 6.45) is 4.72. The SMILES string of the molecule is Cc1c(CN2CCc3nc(-c4ccc(N)cc4)ncc3C2)cnn1-c1ccc(F)cc1. The number of nitrogen functional groups attached to an aromatic ring is 1. The maximum atomic E-state index is 13.2. The molecule has 0 atom stereocenters. The first-order valence-corrected chi connectivity index (χ1v) is 10.3. The molecule has 1 aliphatic rings. The van der Waals surface area contributed by atoms with E-state index in [-0.39, 0.29) is 5.82 Å². The zero-order chi connectivity index (χ0) is 21.4. The predicted octanol–water partition coefficient (Wildman–Crippen LogP) is 3.92. The summed E-state index contributed by atoms with van der Waals surface area (Å²) in [5, 5.41) is 4.51. The Labute approximate surface area is 180 Å². The van der Waals surface area contributed by atoms with Crippen molar-refractivity contribution in [2.24, 2.45) is 0 Å². The fourth-order valence-electron chi connectivity index (χ4n) is 3.96. The van der Waals surface area contributed by atoms with Gasteiger partial charge in [-0.05, 0) is 55.5 Å². The van der Waals surface area contributed by atoms with E-state index in [2.05, 4.69) is 15.0 Å². The van der Waals surface area contributed by atoms with Gasteiger partial charge in [0.1, 0.15) is 5.82 Å². The van der Waals surface area contributed by atoms with Crippen molar-refractivity contribution in [3.63, 3.8) is 0 Å². The normalized spacial score (nSPS) is 13.9. The van der Waals surface area contributed by atoms with Crippen LogP contribution in [-0.4, -0.2) is 31.2 Å². The van der Waals surface area contributed by atoms with Crippen molar-refractivity contribution >= 4 is 5.69 Å². The Bertz CT molecular complexity index is 1210. The Morgan fingerprint density at radius 1 is 1.03 bits per heavy atom. The van der Waals surface area contributed by atoms with Gasteiger partial charge in [0.25, 0.3) is 0 Å². The highest BCUT2D eigenvalue weighted by Gasteiger charge is 2.20. The molecule has 0 fully saturated rings. The van der Waals surface area contributed by atoms with Gasteiger partial charge in [-0.15, -0.1) is 0 Å². The molecule has 7 heteroatoms. The number of benzene rings is 2. The van der Waals surface area contributed by atoms with E-state index < -0.39 is 0 Å². The topological polar surface area (TPSA) is 72.9 Å². The minimum absolute atomic E-state index is 0.248. The molecule has 2 N–H and O–H groups in total. The van der Waals surface area contributed by atoms with Crippen LogP contribution >= 0.6 is 0 Å². The lowest BCUT2D eigenvalue weighted by Crippen LogP contribution is -2.31. The van der Waals surface area contributed by atoms with Crippen molar-refractivity contribution in [3.8, 4) is 17.1 Å². The van der Waals surface area contributed by atoms with Gasteiger partial charge < -0.3 is 5.73 Å². The Morgan fingerprint density at radius 2 is 1.81 bits per heavy atom. The number of nitrogens with zero attached hydrogens (tertiary/aromatic N) is 5. The molecule has 2 aromatic carbocycles. The molecule has 3 heterocycles. The smallest absolute Gasteiger partial charge is 0.159 e. The van der Waals surface area contributed by atoms with Crippen LogP contribution in [0.4, 0.5) is 10.1 Å². The van der Waals surface area contributed by atoms with E-state index >= 15 is 0 Å². The van der Waals surface area contributed by atoms with Crippen LogP contribution in [0.15, 0.2) is 60.9 Å². The zero-order valence-electron chi connectivity index (χ0n) is 17.3. The molecule has 0 spiro atoms. The minimum atomic E-state index is -0.248. The van der Waals surface area contributed by atoms with E-state index in [1.807, 2.05) is 48.3 Å². The highest BCUT2D eigenvalue weighted by atomic mass is 19.1. The minimum Gasteiger partial charge on any atom is -0.399 e. The van der Waals surface area contributed by atoms with Gasteiger partial charge in [0.05, 0.1) is 17.6 Å². The molecule has 1 aliphatic heterocycles. The molecule has 4 aromatic rings. The lowest BCUT2D eigenvalue weighted by Gasteiger charge is -2.28. The highest BCUT2D eigenvalue weighted by Crippen LogP contribution is 2.24. The van der Waals surface area contributed by atoms with Gasteiger partial charge in [0.2, 0.25) is 0 Å². The number of fused-ring (bicyclic) bond motifs is 1. The van der Waals surface area contributed by atoms with Gasteiger partial charge >= 0.3 is 0 Å². The largest absolute Gasteiger partial charge is 0.399 e. The first kappa shape index (κ1) is 19.4. The Morgan fingerprint density at radius 3 is 2.58 bits per heavy atom. The number of rotatable bonds is 4. The number of anilines is 1. The van der Waals surface area contributed by atoms with Crippen LogP contribution in [-0.2, 0) is 19.5 Å². The maximum absolute atomic E-state index is 13.2. The molecule has 6 nitrogen and oxygen atoms in total. The van der Waals surface area contributed by atoms with Crippen LogP contribution < -0.4 is 5.73 Å². The van der Waals surface area contributed by atoms with Crippen LogP contribution in [0.1, 0.15) is 22.5 Å². The molecule has 31 heavy (non-hydrogen) atoms. The van der Waals surface area contributed by atoms with Crippen LogP contribution in [0.25, 0.3) is 17.1 Å². The summed E-state index contributed by atoms with van der Waals surface area (Å²) in [6.45, 7) is 4.57. The van der Waals surface area contributed by atoms with Crippen molar-refractivity contribution in [3.05, 3.63) is 89.3 Å². The van der Waals surface area contributed by atoms with E-state index in [1.165, 1.54) is 12.1 Å². The third-order valence-electron chi connectivity index (χ3n) is 5.76. The van der Waals surface area contributed by atoms with Crippen LogP contribution in [0, 0.1) is 12.7 Å². The van der Waals surface area contributed by atoms with Gasteiger partial charge in [-0.25, -0.2) is 19.0 Å². The van der Waals surface area contributed by atoms with Gasteiger partial charge in [-0.1, -0.05) is 0 Å². The number of aromatic nitrogens is 4. The lowest BCUT2D eigenvalue weighted by molar-refractivity contribution is 0.242. The van der Waals surface area contributed by atoms with Crippen LogP contribution in [0.2, 0.25) is 0 Å². The standard InChI is InChI=1S/C24H23FN6/c1-16-18(13-28-31(16)22-8-4-20(25)5-9-22)14-30-11-10-23-19(15-30)12-27-24(29-23)17-2-6-21(26)7-3-17/h2-9,12-13H,10-11,14-15,26H2,1H3. The van der Waals surface area contributed by atoms with Crippen molar-refractivity contribution in [1.82, 2.24) is 24.6 Å². The summed E-state index contributed by atoms with van der Waals surface area (Å²) >= 11 is 0. The molecule has 0 saturated heterocycles. The molecule has 0 radical (unpaired) electrons. The fourth-order valence-corrected chi connectivity index (χ4v) is 3.96. The zero-order valence-corrected chi connectivity index (χ0v) is 17.3. The van der Waals surface area contributed by atoms with Crippen molar-refractivity contribution < 1.29 is 4.39 Å². The summed E-state index contributed by atoms with van der Waals surface area (Å²) in [7, 11) is 0. The second-order valence-corrected chi connectivity index (χ2v) is 7.89. The third kappa shape index (κ3) is 3.92. The van der Waals surface area contributed by atoms with Gasteiger partial charge in [0.15, 0.2) is 5.82 Å². The third-order valence-corrected chi connectivity index (χ3v) is 5.76. The average Bonchev–Trinajstić information content (AvgIpc) is 3.14. The highest BCUT2D eigenvalue weighted by molar-refractivity contribution is 5.58. The summed E-state index contributed by atoms with van der Waals surface area (Å²) < 4.78 is 15.1. The molecule has 5 rings (SSSR count). The first-order chi connectivity index (χ1) is 15.1.